The van der Waals surface area contributed by atoms with Crippen molar-refractivity contribution in [1.29, 1.82) is 0 Å². The van der Waals surface area contributed by atoms with Crippen molar-refractivity contribution in [3.63, 3.8) is 0 Å². The van der Waals surface area contributed by atoms with Gasteiger partial charge in [0.25, 0.3) is 0 Å². The average molecular weight is 261 g/mol. The van der Waals surface area contributed by atoms with Gasteiger partial charge in [-0.15, -0.1) is 0 Å². The number of carbonyl (C=O) groups excluding carboxylic acids is 1. The highest BCUT2D eigenvalue weighted by Gasteiger charge is 2.28. The van der Waals surface area contributed by atoms with Crippen molar-refractivity contribution < 1.29 is 9.53 Å². The van der Waals surface area contributed by atoms with Gasteiger partial charge in [0.2, 0.25) is 0 Å². The van der Waals surface area contributed by atoms with E-state index < -0.39 is 0 Å². The third kappa shape index (κ3) is 3.57. The molecule has 0 amide bonds. The topological polar surface area (TPSA) is 29.5 Å². The van der Waals surface area contributed by atoms with Gasteiger partial charge in [-0.25, -0.2) is 0 Å². The Labute approximate surface area is 115 Å². The number of rotatable bonds is 4. The van der Waals surface area contributed by atoms with Crippen LogP contribution in [0.2, 0.25) is 0 Å². The summed E-state index contributed by atoms with van der Waals surface area (Å²) in [5.41, 5.74) is 3.91. The maximum absolute atomic E-state index is 11.6. The van der Waals surface area contributed by atoms with Gasteiger partial charge in [0, 0.05) is 6.04 Å². The van der Waals surface area contributed by atoms with Crippen LogP contribution in [-0.4, -0.2) is 30.6 Å². The summed E-state index contributed by atoms with van der Waals surface area (Å²) in [6.45, 7) is 7.95. The highest BCUT2D eigenvalue weighted by Crippen LogP contribution is 2.32. The summed E-state index contributed by atoms with van der Waals surface area (Å²) in [4.78, 5) is 13.9. The third-order valence-electron chi connectivity index (χ3n) is 3.63. The number of ether oxygens (including phenoxy) is 1. The molecule has 1 atom stereocenters. The van der Waals surface area contributed by atoms with E-state index in [2.05, 4.69) is 36.9 Å². The van der Waals surface area contributed by atoms with Crippen LogP contribution in [0.5, 0.6) is 0 Å². The largest absolute Gasteiger partial charge is 0.465 e. The fourth-order valence-corrected chi connectivity index (χ4v) is 2.97. The molecule has 1 saturated heterocycles. The fraction of sp³-hybridized carbons (Fsp3) is 0.562. The zero-order valence-electron chi connectivity index (χ0n) is 12.1. The number of likely N-dealkylation sites (tertiary alicyclic amines) is 1. The molecule has 0 N–H and O–H groups in total. The van der Waals surface area contributed by atoms with E-state index in [4.69, 9.17) is 4.74 Å². The number of hydrogen-bond acceptors (Lipinski definition) is 3. The quantitative estimate of drug-likeness (QED) is 0.780. The maximum Gasteiger partial charge on any atom is 0.320 e. The lowest BCUT2D eigenvalue weighted by atomic mass is 9.99. The predicted molar refractivity (Wildman–Crippen MR) is 76.1 cm³/mol. The Morgan fingerprint density at radius 2 is 2.00 bits per heavy atom. The molecule has 0 aliphatic carbocycles. The lowest BCUT2D eigenvalue weighted by Crippen LogP contribution is -2.30. The Balaban J connectivity index is 2.11. The van der Waals surface area contributed by atoms with Crippen molar-refractivity contribution >= 4 is 5.97 Å². The predicted octanol–water partition coefficient (Wildman–Crippen LogP) is 3.00. The molecule has 0 spiro atoms. The molecule has 19 heavy (non-hydrogen) atoms. The summed E-state index contributed by atoms with van der Waals surface area (Å²) in [6.07, 6.45) is 2.28. The number of hydrogen-bond donors (Lipinski definition) is 0. The van der Waals surface area contributed by atoms with Crippen LogP contribution in [-0.2, 0) is 9.53 Å². The molecular formula is C16H23NO2. The maximum atomic E-state index is 11.6. The molecule has 3 nitrogen and oxygen atoms in total. The average Bonchev–Trinajstić information content (AvgIpc) is 2.76. The van der Waals surface area contributed by atoms with Crippen LogP contribution in [0.1, 0.15) is 42.5 Å². The number of esters is 1. The van der Waals surface area contributed by atoms with Crippen molar-refractivity contribution in [2.45, 2.75) is 39.7 Å². The first-order valence-electron chi connectivity index (χ1n) is 7.08. The third-order valence-corrected chi connectivity index (χ3v) is 3.63. The molecule has 1 heterocycles. The van der Waals surface area contributed by atoms with Gasteiger partial charge in [-0.2, -0.15) is 0 Å². The summed E-state index contributed by atoms with van der Waals surface area (Å²) in [6, 6.07) is 7.03. The van der Waals surface area contributed by atoms with E-state index in [1.807, 2.05) is 6.92 Å². The van der Waals surface area contributed by atoms with E-state index in [0.29, 0.717) is 19.2 Å². The van der Waals surface area contributed by atoms with E-state index >= 15 is 0 Å². The van der Waals surface area contributed by atoms with Gasteiger partial charge >= 0.3 is 5.97 Å². The summed E-state index contributed by atoms with van der Waals surface area (Å²) < 4.78 is 5.05. The molecule has 2 rings (SSSR count). The fourth-order valence-electron chi connectivity index (χ4n) is 2.97. The summed E-state index contributed by atoms with van der Waals surface area (Å²) in [7, 11) is 0. The monoisotopic (exact) mass is 261 g/mol. The molecule has 0 bridgehead atoms. The molecule has 0 saturated carbocycles. The molecular weight excluding hydrogens is 238 g/mol. The van der Waals surface area contributed by atoms with Crippen molar-refractivity contribution in [2.75, 3.05) is 19.7 Å². The van der Waals surface area contributed by atoms with Crippen LogP contribution in [0.4, 0.5) is 0 Å². The van der Waals surface area contributed by atoms with E-state index in [1.165, 1.54) is 16.7 Å². The van der Waals surface area contributed by atoms with E-state index in [-0.39, 0.29) is 5.97 Å². The van der Waals surface area contributed by atoms with Crippen LogP contribution >= 0.6 is 0 Å². The second kappa shape index (κ2) is 6.20. The first kappa shape index (κ1) is 14.1. The lowest BCUT2D eigenvalue weighted by Gasteiger charge is -2.24. The molecule has 1 aromatic rings. The van der Waals surface area contributed by atoms with E-state index in [1.54, 1.807) is 0 Å². The highest BCUT2D eigenvalue weighted by molar-refractivity contribution is 5.71. The Morgan fingerprint density at radius 1 is 1.32 bits per heavy atom. The van der Waals surface area contributed by atoms with Gasteiger partial charge in [-0.05, 0) is 45.7 Å². The molecule has 1 aromatic carbocycles. The summed E-state index contributed by atoms with van der Waals surface area (Å²) >= 11 is 0. The van der Waals surface area contributed by atoms with Gasteiger partial charge in [0.15, 0.2) is 0 Å². The molecule has 1 fully saturated rings. The van der Waals surface area contributed by atoms with Crippen LogP contribution < -0.4 is 0 Å². The summed E-state index contributed by atoms with van der Waals surface area (Å²) in [5.74, 6) is -0.112. The number of benzene rings is 1. The van der Waals surface area contributed by atoms with Gasteiger partial charge in [0.05, 0.1) is 13.2 Å². The zero-order chi connectivity index (χ0) is 13.8. The lowest BCUT2D eigenvalue weighted by molar-refractivity contribution is -0.144. The Kier molecular flexibility index (Phi) is 4.59. The van der Waals surface area contributed by atoms with Gasteiger partial charge < -0.3 is 4.74 Å². The Bertz CT molecular complexity index is 436. The second-order valence-electron chi connectivity index (χ2n) is 5.35. The minimum absolute atomic E-state index is 0.112. The molecule has 0 radical (unpaired) electrons. The molecule has 1 unspecified atom stereocenters. The first-order chi connectivity index (χ1) is 9.10. The highest BCUT2D eigenvalue weighted by atomic mass is 16.5. The second-order valence-corrected chi connectivity index (χ2v) is 5.35. The Hall–Kier alpha value is -1.35. The zero-order valence-corrected chi connectivity index (χ0v) is 12.1. The van der Waals surface area contributed by atoms with Gasteiger partial charge in [-0.3, -0.25) is 9.69 Å². The number of aryl methyl sites for hydroxylation is 2. The van der Waals surface area contributed by atoms with E-state index in [9.17, 15) is 4.79 Å². The molecule has 104 valence electrons. The molecule has 1 aliphatic heterocycles. The molecule has 0 aromatic heterocycles. The van der Waals surface area contributed by atoms with Crippen molar-refractivity contribution in [3.05, 3.63) is 34.9 Å². The number of carbonyl (C=O) groups is 1. The van der Waals surface area contributed by atoms with Gasteiger partial charge in [0.1, 0.15) is 0 Å². The standard InChI is InChI=1S/C16H23NO2/c1-4-19-16(18)11-17-7-5-6-15(17)14-9-12(2)8-13(3)10-14/h8-10,15H,4-7,11H2,1-3H3. The van der Waals surface area contributed by atoms with Gasteiger partial charge in [-0.1, -0.05) is 29.3 Å². The van der Waals surface area contributed by atoms with Crippen molar-refractivity contribution in [3.8, 4) is 0 Å². The van der Waals surface area contributed by atoms with Crippen LogP contribution in [0, 0.1) is 13.8 Å². The molecule has 3 heteroatoms. The normalized spacial score (nSPS) is 19.6. The molecule has 1 aliphatic rings. The van der Waals surface area contributed by atoms with Crippen LogP contribution in [0.15, 0.2) is 18.2 Å². The van der Waals surface area contributed by atoms with Crippen LogP contribution in [0.3, 0.4) is 0 Å². The first-order valence-corrected chi connectivity index (χ1v) is 7.08. The number of nitrogens with zero attached hydrogens (tertiary/aromatic N) is 1. The van der Waals surface area contributed by atoms with Crippen LogP contribution in [0.25, 0.3) is 0 Å². The van der Waals surface area contributed by atoms with Crippen molar-refractivity contribution in [2.24, 2.45) is 0 Å². The minimum atomic E-state index is -0.112. The minimum Gasteiger partial charge on any atom is -0.465 e. The van der Waals surface area contributed by atoms with E-state index in [0.717, 1.165) is 19.4 Å². The SMILES string of the molecule is CCOC(=O)CN1CCCC1c1cc(C)cc(C)c1. The van der Waals surface area contributed by atoms with Crippen molar-refractivity contribution in [1.82, 2.24) is 4.90 Å². The smallest absolute Gasteiger partial charge is 0.320 e. The summed E-state index contributed by atoms with van der Waals surface area (Å²) in [5, 5.41) is 0. The Morgan fingerprint density at radius 3 is 2.63 bits per heavy atom.